The van der Waals surface area contributed by atoms with Crippen molar-refractivity contribution in [1.82, 2.24) is 0 Å². The van der Waals surface area contributed by atoms with Crippen molar-refractivity contribution in [1.29, 1.82) is 0 Å². The molecule has 2 rings (SSSR count). The smallest absolute Gasteiger partial charge is 0.480 e. The van der Waals surface area contributed by atoms with Crippen LogP contribution in [0, 0.1) is 6.92 Å². The van der Waals surface area contributed by atoms with Crippen LogP contribution in [0.2, 0.25) is 0 Å². The van der Waals surface area contributed by atoms with Gasteiger partial charge < -0.3 is 18.4 Å². The van der Waals surface area contributed by atoms with Crippen molar-refractivity contribution in [2.24, 2.45) is 0 Å². The maximum Gasteiger partial charge on any atom is 0.744 e. The predicted octanol–water partition coefficient (Wildman–Crippen LogP) is 2.01. The van der Waals surface area contributed by atoms with Crippen molar-refractivity contribution < 1.29 is 18.4 Å². The normalized spacial score (nSPS) is 11.3. The van der Waals surface area contributed by atoms with Crippen molar-refractivity contribution in [2.45, 2.75) is 13.5 Å². The summed E-state index contributed by atoms with van der Waals surface area (Å²) < 4.78 is 10.3. The lowest BCUT2D eigenvalue weighted by molar-refractivity contribution is 0.0653. The first-order valence-corrected chi connectivity index (χ1v) is 7.65. The Labute approximate surface area is 113 Å². The Hall–Kier alpha value is -1.66. The number of hydrogen-bond acceptors (Lipinski definition) is 4. The fourth-order valence-corrected chi connectivity index (χ4v) is 2.52. The average molecular weight is 276 g/mol. The molecular weight excluding hydrogens is 260 g/mol. The third kappa shape index (κ3) is 4.18. The molecule has 0 spiro atoms. The molecule has 2 aromatic rings. The third-order valence-corrected chi connectivity index (χ3v) is 3.61. The first kappa shape index (κ1) is 13.8. The van der Waals surface area contributed by atoms with Crippen molar-refractivity contribution >= 4 is 9.05 Å². The zero-order valence-corrected chi connectivity index (χ0v) is 11.6. The molecule has 0 bridgehead atoms. The van der Waals surface area contributed by atoms with Crippen LogP contribution in [0.25, 0.3) is 0 Å². The van der Waals surface area contributed by atoms with E-state index >= 15 is 0 Å². The van der Waals surface area contributed by atoms with Crippen LogP contribution in [0.5, 0.6) is 5.75 Å². The van der Waals surface area contributed by atoms with Gasteiger partial charge in [0.2, 0.25) is 0 Å². The summed E-state index contributed by atoms with van der Waals surface area (Å²) in [5.41, 5.74) is 1.68. The van der Waals surface area contributed by atoms with Gasteiger partial charge in [0.1, 0.15) is 5.75 Å². The highest BCUT2D eigenvalue weighted by Crippen LogP contribution is 2.19. The molecule has 0 aliphatic carbocycles. The molecule has 0 saturated heterocycles. The molecule has 0 radical (unpaired) electrons. The van der Waals surface area contributed by atoms with Crippen LogP contribution in [0.4, 0.5) is 0 Å². The molecule has 2 aromatic carbocycles. The van der Waals surface area contributed by atoms with E-state index in [9.17, 15) is 9.59 Å². The topological polar surface area (TPSA) is 58.9 Å². The molecule has 0 heterocycles. The second-order valence-corrected chi connectivity index (χ2v) is 5.78. The van der Waals surface area contributed by atoms with Crippen molar-refractivity contribution in [3.05, 3.63) is 65.7 Å². The lowest BCUT2D eigenvalue weighted by atomic mass is 10.2. The van der Waals surface area contributed by atoms with Gasteiger partial charge in [-0.25, -0.2) is 0 Å². The maximum atomic E-state index is 9.80. The first-order valence-electron chi connectivity index (χ1n) is 5.94. The standard InChI is InChI=1S/C14H16O4Si/c1-12-7-5-6-10-14(12)18-19(15,16)17-11-13-8-3-2-4-9-13/h2-10,15-16H,11H2,1H3. The molecule has 2 N–H and O–H groups in total. The SMILES string of the molecule is Cc1ccccc1O[Si](O)(O)OCc1ccccc1. The molecule has 100 valence electrons. The Balaban J connectivity index is 1.97. The molecule has 0 atom stereocenters. The van der Waals surface area contributed by atoms with E-state index < -0.39 is 9.05 Å². The zero-order valence-electron chi connectivity index (χ0n) is 10.6. The van der Waals surface area contributed by atoms with Gasteiger partial charge in [-0.05, 0) is 24.1 Å². The minimum absolute atomic E-state index is 0.103. The highest BCUT2D eigenvalue weighted by Gasteiger charge is 2.39. The van der Waals surface area contributed by atoms with Crippen molar-refractivity contribution in [3.63, 3.8) is 0 Å². The third-order valence-electron chi connectivity index (χ3n) is 2.61. The van der Waals surface area contributed by atoms with E-state index in [1.807, 2.05) is 49.4 Å². The summed E-state index contributed by atoms with van der Waals surface area (Å²) in [4.78, 5) is 19.6. The van der Waals surface area contributed by atoms with Gasteiger partial charge in [-0.2, -0.15) is 0 Å². The van der Waals surface area contributed by atoms with Crippen LogP contribution in [-0.2, 0) is 11.0 Å². The van der Waals surface area contributed by atoms with Crippen molar-refractivity contribution in [2.75, 3.05) is 0 Å². The monoisotopic (exact) mass is 276 g/mol. The van der Waals surface area contributed by atoms with E-state index in [1.165, 1.54) is 0 Å². The van der Waals surface area contributed by atoms with Crippen LogP contribution < -0.4 is 4.43 Å². The Morgan fingerprint density at radius 2 is 1.58 bits per heavy atom. The summed E-state index contributed by atoms with van der Waals surface area (Å²) in [5, 5.41) is 0. The number of benzene rings is 2. The van der Waals surface area contributed by atoms with E-state index in [0.29, 0.717) is 5.75 Å². The largest absolute Gasteiger partial charge is 0.744 e. The van der Waals surface area contributed by atoms with Crippen LogP contribution in [0.3, 0.4) is 0 Å². The lowest BCUT2D eigenvalue weighted by Gasteiger charge is -2.19. The van der Waals surface area contributed by atoms with E-state index in [2.05, 4.69) is 0 Å². The highest BCUT2D eigenvalue weighted by molar-refractivity contribution is 6.51. The predicted molar refractivity (Wildman–Crippen MR) is 73.2 cm³/mol. The Morgan fingerprint density at radius 3 is 2.26 bits per heavy atom. The summed E-state index contributed by atoms with van der Waals surface area (Å²) in [6.45, 7) is 1.93. The second-order valence-electron chi connectivity index (χ2n) is 4.19. The molecule has 4 nitrogen and oxygen atoms in total. The minimum Gasteiger partial charge on any atom is -0.480 e. The van der Waals surface area contributed by atoms with Crippen LogP contribution in [0.15, 0.2) is 54.6 Å². The van der Waals surface area contributed by atoms with E-state index in [4.69, 9.17) is 8.85 Å². The van der Waals surface area contributed by atoms with Gasteiger partial charge >= 0.3 is 9.05 Å². The number of hydrogen-bond donors (Lipinski definition) is 2. The summed E-state index contributed by atoms with van der Waals surface area (Å²) in [5.74, 6) is 0.423. The molecule has 0 fully saturated rings. The van der Waals surface area contributed by atoms with Gasteiger partial charge in [0.05, 0.1) is 6.61 Å². The minimum atomic E-state index is -4.16. The van der Waals surface area contributed by atoms with Gasteiger partial charge in [-0.15, -0.1) is 0 Å². The average Bonchev–Trinajstić information content (AvgIpc) is 2.40. The van der Waals surface area contributed by atoms with Gasteiger partial charge in [0, 0.05) is 0 Å². The molecule has 19 heavy (non-hydrogen) atoms. The Bertz CT molecular complexity index is 528. The first-order chi connectivity index (χ1) is 9.07. The maximum absolute atomic E-state index is 9.80. The molecule has 5 heteroatoms. The van der Waals surface area contributed by atoms with E-state index in [-0.39, 0.29) is 6.61 Å². The molecule has 0 amide bonds. The fraction of sp³-hybridized carbons (Fsp3) is 0.143. The lowest BCUT2D eigenvalue weighted by Crippen LogP contribution is -2.46. The van der Waals surface area contributed by atoms with Gasteiger partial charge in [0.15, 0.2) is 0 Å². The Kier molecular flexibility index (Phi) is 4.34. The van der Waals surface area contributed by atoms with Gasteiger partial charge in [-0.1, -0.05) is 48.5 Å². The van der Waals surface area contributed by atoms with E-state index in [0.717, 1.165) is 11.1 Å². The number of para-hydroxylation sites is 1. The van der Waals surface area contributed by atoms with Crippen LogP contribution in [0.1, 0.15) is 11.1 Å². The number of rotatable bonds is 5. The van der Waals surface area contributed by atoms with Crippen LogP contribution >= 0.6 is 0 Å². The molecular formula is C14H16O4Si. The van der Waals surface area contributed by atoms with E-state index in [1.54, 1.807) is 12.1 Å². The zero-order chi connectivity index (χ0) is 13.7. The van der Waals surface area contributed by atoms with Gasteiger partial charge in [-0.3, -0.25) is 0 Å². The molecule has 0 aliphatic rings. The molecule has 0 aromatic heterocycles. The summed E-state index contributed by atoms with van der Waals surface area (Å²) >= 11 is 0. The van der Waals surface area contributed by atoms with Gasteiger partial charge in [0.25, 0.3) is 0 Å². The highest BCUT2D eigenvalue weighted by atomic mass is 28.4. The molecule has 0 unspecified atom stereocenters. The Morgan fingerprint density at radius 1 is 0.947 bits per heavy atom. The summed E-state index contributed by atoms with van der Waals surface area (Å²) in [6, 6.07) is 16.4. The van der Waals surface area contributed by atoms with Crippen molar-refractivity contribution in [3.8, 4) is 5.75 Å². The summed E-state index contributed by atoms with van der Waals surface area (Å²) in [6.07, 6.45) is 0. The quantitative estimate of drug-likeness (QED) is 0.820. The van der Waals surface area contributed by atoms with Crippen LogP contribution in [-0.4, -0.2) is 18.6 Å². The second kappa shape index (κ2) is 5.99. The molecule has 0 saturated carbocycles. The fourth-order valence-electron chi connectivity index (χ4n) is 1.60. The number of aryl methyl sites for hydroxylation is 1. The molecule has 0 aliphatic heterocycles. The summed E-state index contributed by atoms with van der Waals surface area (Å²) in [7, 11) is -4.16.